The second-order valence-electron chi connectivity index (χ2n) is 5.25. The molecular weight excluding hydrogens is 298 g/mol. The molecule has 3 rings (SSSR count). The minimum atomic E-state index is 0.0855. The highest BCUT2D eigenvalue weighted by Gasteiger charge is 2.23. The summed E-state index contributed by atoms with van der Waals surface area (Å²) in [6.07, 6.45) is 3.47. The summed E-state index contributed by atoms with van der Waals surface area (Å²) in [7, 11) is 0. The monoisotopic (exact) mass is 317 g/mol. The standard InChI is InChI=1S/C16H19N3O2S/c1-12-15(16(20)19-8-10-21-11-9-19)22-14(18-12)6-5-13-4-2-3-7-17-13/h2-4,7H,5-6,8-11H2,1H3. The first-order valence-corrected chi connectivity index (χ1v) is 8.29. The zero-order valence-corrected chi connectivity index (χ0v) is 13.4. The van der Waals surface area contributed by atoms with Gasteiger partial charge < -0.3 is 9.64 Å². The molecule has 0 bridgehead atoms. The molecule has 0 aliphatic carbocycles. The third-order valence-electron chi connectivity index (χ3n) is 3.65. The van der Waals surface area contributed by atoms with Crippen molar-refractivity contribution in [1.82, 2.24) is 14.9 Å². The second-order valence-corrected chi connectivity index (χ2v) is 6.33. The maximum atomic E-state index is 12.5. The Labute approximate surface area is 134 Å². The molecule has 1 aliphatic heterocycles. The van der Waals surface area contributed by atoms with Gasteiger partial charge in [0.1, 0.15) is 4.88 Å². The lowest BCUT2D eigenvalue weighted by Crippen LogP contribution is -2.40. The van der Waals surface area contributed by atoms with Crippen LogP contribution >= 0.6 is 11.3 Å². The Hall–Kier alpha value is -1.79. The van der Waals surface area contributed by atoms with Gasteiger partial charge in [-0.15, -0.1) is 11.3 Å². The summed E-state index contributed by atoms with van der Waals surface area (Å²) in [5, 5.41) is 1.000. The van der Waals surface area contributed by atoms with Crippen molar-refractivity contribution in [3.8, 4) is 0 Å². The van der Waals surface area contributed by atoms with Crippen molar-refractivity contribution in [3.05, 3.63) is 45.7 Å². The Morgan fingerprint density at radius 3 is 2.86 bits per heavy atom. The van der Waals surface area contributed by atoms with Gasteiger partial charge in [-0.3, -0.25) is 9.78 Å². The van der Waals surface area contributed by atoms with Crippen LogP contribution < -0.4 is 0 Å². The molecule has 0 N–H and O–H groups in total. The molecule has 0 aromatic carbocycles. The van der Waals surface area contributed by atoms with Crippen LogP contribution in [0.25, 0.3) is 0 Å². The topological polar surface area (TPSA) is 55.3 Å². The molecule has 1 saturated heterocycles. The largest absolute Gasteiger partial charge is 0.378 e. The van der Waals surface area contributed by atoms with Gasteiger partial charge in [0, 0.05) is 31.4 Å². The fourth-order valence-corrected chi connectivity index (χ4v) is 3.48. The van der Waals surface area contributed by atoms with Crippen LogP contribution in [-0.4, -0.2) is 47.1 Å². The van der Waals surface area contributed by atoms with Crippen molar-refractivity contribution in [2.24, 2.45) is 0 Å². The maximum absolute atomic E-state index is 12.5. The highest BCUT2D eigenvalue weighted by atomic mass is 32.1. The summed E-state index contributed by atoms with van der Waals surface area (Å²) in [5.74, 6) is 0.0855. The third-order valence-corrected chi connectivity index (χ3v) is 4.86. The number of ether oxygens (including phenoxy) is 1. The lowest BCUT2D eigenvalue weighted by molar-refractivity contribution is 0.0305. The molecule has 0 atom stereocenters. The fourth-order valence-electron chi connectivity index (χ4n) is 2.45. The van der Waals surface area contributed by atoms with Gasteiger partial charge in [-0.25, -0.2) is 4.98 Å². The average molecular weight is 317 g/mol. The minimum Gasteiger partial charge on any atom is -0.378 e. The quantitative estimate of drug-likeness (QED) is 0.866. The molecule has 0 unspecified atom stereocenters. The average Bonchev–Trinajstić information content (AvgIpc) is 2.95. The number of carbonyl (C=O) groups excluding carboxylic acids is 1. The van der Waals surface area contributed by atoms with Crippen LogP contribution in [0, 0.1) is 6.92 Å². The van der Waals surface area contributed by atoms with Crippen LogP contribution in [-0.2, 0) is 17.6 Å². The van der Waals surface area contributed by atoms with E-state index in [2.05, 4.69) is 9.97 Å². The van der Waals surface area contributed by atoms with E-state index in [9.17, 15) is 4.79 Å². The SMILES string of the molecule is Cc1nc(CCc2ccccn2)sc1C(=O)N1CCOCC1. The van der Waals surface area contributed by atoms with Gasteiger partial charge in [0.25, 0.3) is 5.91 Å². The normalized spacial score (nSPS) is 15.0. The number of thiazole rings is 1. The minimum absolute atomic E-state index is 0.0855. The molecule has 2 aromatic rings. The van der Waals surface area contributed by atoms with Crippen molar-refractivity contribution in [3.63, 3.8) is 0 Å². The van der Waals surface area contributed by atoms with Gasteiger partial charge in [0.15, 0.2) is 0 Å². The molecule has 0 saturated carbocycles. The van der Waals surface area contributed by atoms with Crippen molar-refractivity contribution >= 4 is 17.2 Å². The molecule has 116 valence electrons. The van der Waals surface area contributed by atoms with Crippen LogP contribution in [0.1, 0.15) is 26.1 Å². The number of hydrogen-bond acceptors (Lipinski definition) is 5. The molecule has 22 heavy (non-hydrogen) atoms. The van der Waals surface area contributed by atoms with Crippen LogP contribution in [0.15, 0.2) is 24.4 Å². The fraction of sp³-hybridized carbons (Fsp3) is 0.438. The number of hydrogen-bond donors (Lipinski definition) is 0. The smallest absolute Gasteiger partial charge is 0.266 e. The molecule has 0 radical (unpaired) electrons. The van der Waals surface area contributed by atoms with Crippen molar-refractivity contribution in [2.75, 3.05) is 26.3 Å². The zero-order chi connectivity index (χ0) is 15.4. The van der Waals surface area contributed by atoms with E-state index in [-0.39, 0.29) is 5.91 Å². The molecule has 0 spiro atoms. The highest BCUT2D eigenvalue weighted by molar-refractivity contribution is 7.13. The molecule has 1 fully saturated rings. The summed E-state index contributed by atoms with van der Waals surface area (Å²) in [6, 6.07) is 5.92. The van der Waals surface area contributed by atoms with Gasteiger partial charge in [-0.1, -0.05) is 6.07 Å². The van der Waals surface area contributed by atoms with Crippen LogP contribution in [0.2, 0.25) is 0 Å². The van der Waals surface area contributed by atoms with Gasteiger partial charge in [-0.2, -0.15) is 0 Å². The number of pyridine rings is 1. The predicted octanol–water partition coefficient (Wildman–Crippen LogP) is 2.10. The van der Waals surface area contributed by atoms with Gasteiger partial charge in [0.05, 0.1) is 23.9 Å². The van der Waals surface area contributed by atoms with E-state index in [1.807, 2.05) is 30.0 Å². The molecule has 1 amide bonds. The Balaban J connectivity index is 1.66. The number of aryl methyl sites for hydroxylation is 3. The predicted molar refractivity (Wildman–Crippen MR) is 85.2 cm³/mol. The molecule has 6 heteroatoms. The van der Waals surface area contributed by atoms with E-state index in [4.69, 9.17) is 4.74 Å². The zero-order valence-electron chi connectivity index (χ0n) is 12.6. The number of morpholine rings is 1. The Bertz CT molecular complexity index is 636. The van der Waals surface area contributed by atoms with Crippen molar-refractivity contribution in [2.45, 2.75) is 19.8 Å². The first-order valence-electron chi connectivity index (χ1n) is 7.47. The second kappa shape index (κ2) is 6.98. The Morgan fingerprint density at radius 2 is 2.14 bits per heavy atom. The van der Waals surface area contributed by atoms with E-state index in [1.165, 1.54) is 11.3 Å². The third kappa shape index (κ3) is 3.51. The lowest BCUT2D eigenvalue weighted by Gasteiger charge is -2.26. The molecular formula is C16H19N3O2S. The highest BCUT2D eigenvalue weighted by Crippen LogP contribution is 2.21. The maximum Gasteiger partial charge on any atom is 0.266 e. The van der Waals surface area contributed by atoms with E-state index in [0.717, 1.165) is 34.1 Å². The summed E-state index contributed by atoms with van der Waals surface area (Å²) in [6.45, 7) is 4.49. The molecule has 2 aromatic heterocycles. The van der Waals surface area contributed by atoms with Crippen LogP contribution in [0.5, 0.6) is 0 Å². The van der Waals surface area contributed by atoms with E-state index in [1.54, 1.807) is 6.20 Å². The lowest BCUT2D eigenvalue weighted by atomic mass is 10.2. The number of nitrogens with zero attached hydrogens (tertiary/aromatic N) is 3. The summed E-state index contributed by atoms with van der Waals surface area (Å²) in [5.41, 5.74) is 1.88. The summed E-state index contributed by atoms with van der Waals surface area (Å²) in [4.78, 5) is 24.0. The Morgan fingerprint density at radius 1 is 1.32 bits per heavy atom. The first-order chi connectivity index (χ1) is 10.7. The number of rotatable bonds is 4. The van der Waals surface area contributed by atoms with Crippen molar-refractivity contribution in [1.29, 1.82) is 0 Å². The number of amides is 1. The first kappa shape index (κ1) is 15.1. The number of carbonyl (C=O) groups is 1. The van der Waals surface area contributed by atoms with Crippen LogP contribution in [0.4, 0.5) is 0 Å². The number of aromatic nitrogens is 2. The molecule has 5 nitrogen and oxygen atoms in total. The van der Waals surface area contributed by atoms with Crippen molar-refractivity contribution < 1.29 is 9.53 Å². The van der Waals surface area contributed by atoms with Crippen LogP contribution in [0.3, 0.4) is 0 Å². The summed E-state index contributed by atoms with van der Waals surface area (Å²) < 4.78 is 5.30. The van der Waals surface area contributed by atoms with E-state index >= 15 is 0 Å². The molecule has 3 heterocycles. The summed E-state index contributed by atoms with van der Waals surface area (Å²) >= 11 is 1.51. The van der Waals surface area contributed by atoms with E-state index < -0.39 is 0 Å². The Kier molecular flexibility index (Phi) is 4.80. The van der Waals surface area contributed by atoms with Gasteiger partial charge in [-0.05, 0) is 25.5 Å². The van der Waals surface area contributed by atoms with Gasteiger partial charge in [0.2, 0.25) is 0 Å². The van der Waals surface area contributed by atoms with Gasteiger partial charge >= 0.3 is 0 Å². The molecule has 1 aliphatic rings. The van der Waals surface area contributed by atoms with E-state index in [0.29, 0.717) is 26.3 Å².